The van der Waals surface area contributed by atoms with E-state index < -0.39 is 0 Å². The maximum atomic E-state index is 6.35. The summed E-state index contributed by atoms with van der Waals surface area (Å²) in [7, 11) is 0. The van der Waals surface area contributed by atoms with Crippen LogP contribution in [0, 0.1) is 0 Å². The van der Waals surface area contributed by atoms with Crippen molar-refractivity contribution in [2.75, 3.05) is 5.32 Å². The zero-order chi connectivity index (χ0) is 20.1. The second-order valence-electron chi connectivity index (χ2n) is 7.22. The standard InChI is InChI=1S/C25H17ClN4/c26-19-10-4-5-11-20(19)27-17-14-15-23-24(16-17)30-22-13-7-6-12-21(22)28-25(30)29(23)18-8-2-1-3-9-18/h1-16,27H. The van der Waals surface area contributed by atoms with Gasteiger partial charge in [0.05, 0.1) is 32.8 Å². The lowest BCUT2D eigenvalue weighted by atomic mass is 10.2. The predicted octanol–water partition coefficient (Wildman–Crippen LogP) is 6.83. The molecular formula is C25H17ClN4. The van der Waals surface area contributed by atoms with E-state index in [1.54, 1.807) is 0 Å². The average Bonchev–Trinajstić information content (AvgIpc) is 3.30. The maximum Gasteiger partial charge on any atom is 0.220 e. The summed E-state index contributed by atoms with van der Waals surface area (Å²) in [5.41, 5.74) is 7.18. The highest BCUT2D eigenvalue weighted by molar-refractivity contribution is 6.33. The number of fused-ring (bicyclic) bond motifs is 5. The number of halogens is 1. The van der Waals surface area contributed by atoms with Gasteiger partial charge in [0.1, 0.15) is 0 Å². The number of hydrogen-bond donors (Lipinski definition) is 1. The van der Waals surface area contributed by atoms with Gasteiger partial charge in [0.2, 0.25) is 5.78 Å². The van der Waals surface area contributed by atoms with Gasteiger partial charge < -0.3 is 5.32 Å². The monoisotopic (exact) mass is 408 g/mol. The summed E-state index contributed by atoms with van der Waals surface area (Å²) in [6.45, 7) is 0. The smallest absolute Gasteiger partial charge is 0.220 e. The third kappa shape index (κ3) is 2.58. The Morgan fingerprint density at radius 2 is 1.47 bits per heavy atom. The second kappa shape index (κ2) is 6.65. The molecule has 0 bridgehead atoms. The van der Waals surface area contributed by atoms with E-state index in [1.807, 2.05) is 54.6 Å². The summed E-state index contributed by atoms with van der Waals surface area (Å²) in [5.74, 6) is 0.896. The van der Waals surface area contributed by atoms with Gasteiger partial charge in [0.15, 0.2) is 0 Å². The van der Waals surface area contributed by atoms with Crippen LogP contribution in [0.5, 0.6) is 0 Å². The fraction of sp³-hybridized carbons (Fsp3) is 0. The molecule has 144 valence electrons. The molecule has 0 fully saturated rings. The molecule has 0 aliphatic carbocycles. The molecule has 0 spiro atoms. The van der Waals surface area contributed by atoms with Gasteiger partial charge >= 0.3 is 0 Å². The van der Waals surface area contributed by atoms with Crippen LogP contribution >= 0.6 is 11.6 Å². The van der Waals surface area contributed by atoms with Crippen LogP contribution in [0.2, 0.25) is 5.02 Å². The third-order valence-electron chi connectivity index (χ3n) is 5.37. The van der Waals surface area contributed by atoms with Crippen molar-refractivity contribution < 1.29 is 0 Å². The Morgan fingerprint density at radius 3 is 2.33 bits per heavy atom. The fourth-order valence-corrected chi connectivity index (χ4v) is 4.21. The van der Waals surface area contributed by atoms with E-state index in [0.717, 1.165) is 44.9 Å². The van der Waals surface area contributed by atoms with Gasteiger partial charge in [-0.05, 0) is 54.6 Å². The van der Waals surface area contributed by atoms with E-state index in [-0.39, 0.29) is 0 Å². The van der Waals surface area contributed by atoms with Crippen LogP contribution < -0.4 is 5.32 Å². The Hall–Kier alpha value is -3.76. The molecule has 0 aliphatic rings. The largest absolute Gasteiger partial charge is 0.354 e. The van der Waals surface area contributed by atoms with E-state index in [1.165, 1.54) is 0 Å². The van der Waals surface area contributed by atoms with Crippen LogP contribution in [0.25, 0.3) is 33.5 Å². The average molecular weight is 409 g/mol. The Bertz CT molecular complexity index is 1530. The van der Waals surface area contributed by atoms with Gasteiger partial charge in [-0.15, -0.1) is 0 Å². The molecule has 6 rings (SSSR count). The maximum absolute atomic E-state index is 6.35. The normalized spacial score (nSPS) is 11.5. The first-order chi connectivity index (χ1) is 14.8. The number of nitrogens with one attached hydrogen (secondary N) is 1. The molecule has 0 saturated heterocycles. The molecule has 4 nitrogen and oxygen atoms in total. The van der Waals surface area contributed by atoms with Crippen molar-refractivity contribution in [2.24, 2.45) is 0 Å². The molecule has 0 aliphatic heterocycles. The van der Waals surface area contributed by atoms with Crippen molar-refractivity contribution in [1.82, 2.24) is 14.0 Å². The highest BCUT2D eigenvalue weighted by Crippen LogP contribution is 2.32. The molecule has 1 N–H and O–H groups in total. The third-order valence-corrected chi connectivity index (χ3v) is 5.70. The van der Waals surface area contributed by atoms with Crippen molar-refractivity contribution >= 4 is 50.8 Å². The summed E-state index contributed by atoms with van der Waals surface area (Å²) in [5, 5.41) is 4.14. The van der Waals surface area contributed by atoms with Gasteiger partial charge in [-0.25, -0.2) is 4.98 Å². The number of aromatic nitrogens is 3. The minimum absolute atomic E-state index is 0.692. The SMILES string of the molecule is Clc1ccccc1Nc1ccc2c(c1)n1c3ccccc3nc1n2-c1ccccc1. The quantitative estimate of drug-likeness (QED) is 0.348. The first kappa shape index (κ1) is 17.1. The Labute approximate surface area is 178 Å². The van der Waals surface area contributed by atoms with Crippen molar-refractivity contribution in [3.05, 3.63) is 102 Å². The number of rotatable bonds is 3. The number of anilines is 2. The lowest BCUT2D eigenvalue weighted by Gasteiger charge is -2.09. The first-order valence-corrected chi connectivity index (χ1v) is 10.2. The zero-order valence-corrected chi connectivity index (χ0v) is 16.7. The second-order valence-corrected chi connectivity index (χ2v) is 7.62. The molecule has 6 aromatic rings. The Kier molecular flexibility index (Phi) is 3.79. The molecule has 2 aromatic heterocycles. The minimum Gasteiger partial charge on any atom is -0.354 e. The van der Waals surface area contributed by atoms with Gasteiger partial charge in [-0.3, -0.25) is 8.97 Å². The predicted molar refractivity (Wildman–Crippen MR) is 124 cm³/mol. The summed E-state index contributed by atoms with van der Waals surface area (Å²) < 4.78 is 4.42. The number of nitrogens with zero attached hydrogens (tertiary/aromatic N) is 3. The van der Waals surface area contributed by atoms with Crippen molar-refractivity contribution in [1.29, 1.82) is 0 Å². The summed E-state index contributed by atoms with van der Waals surface area (Å²) in [6, 6.07) is 32.7. The van der Waals surface area contributed by atoms with E-state index in [9.17, 15) is 0 Å². The molecule has 0 atom stereocenters. The minimum atomic E-state index is 0.692. The van der Waals surface area contributed by atoms with Crippen LogP contribution in [-0.4, -0.2) is 14.0 Å². The fourth-order valence-electron chi connectivity index (χ4n) is 4.03. The Morgan fingerprint density at radius 1 is 0.700 bits per heavy atom. The molecule has 4 aromatic carbocycles. The van der Waals surface area contributed by atoms with Crippen LogP contribution in [0.3, 0.4) is 0 Å². The van der Waals surface area contributed by atoms with Crippen LogP contribution in [0.1, 0.15) is 0 Å². The number of imidazole rings is 2. The van der Waals surface area contributed by atoms with Gasteiger partial charge in [0.25, 0.3) is 0 Å². The highest BCUT2D eigenvalue weighted by atomic mass is 35.5. The summed E-state index contributed by atoms with van der Waals surface area (Å²) in [6.07, 6.45) is 0. The van der Waals surface area contributed by atoms with Crippen molar-refractivity contribution in [2.45, 2.75) is 0 Å². The molecule has 2 heterocycles. The van der Waals surface area contributed by atoms with Gasteiger partial charge in [0, 0.05) is 11.4 Å². The summed E-state index contributed by atoms with van der Waals surface area (Å²) in [4.78, 5) is 4.94. The molecule has 0 radical (unpaired) electrons. The first-order valence-electron chi connectivity index (χ1n) is 9.78. The lowest BCUT2D eigenvalue weighted by molar-refractivity contribution is 1.11. The molecule has 5 heteroatoms. The number of hydrogen-bond acceptors (Lipinski definition) is 2. The molecular weight excluding hydrogens is 392 g/mol. The highest BCUT2D eigenvalue weighted by Gasteiger charge is 2.17. The van der Waals surface area contributed by atoms with Crippen LogP contribution in [-0.2, 0) is 0 Å². The zero-order valence-electron chi connectivity index (χ0n) is 16.0. The molecule has 0 unspecified atom stereocenters. The molecule has 0 amide bonds. The molecule has 30 heavy (non-hydrogen) atoms. The van der Waals surface area contributed by atoms with E-state index in [2.05, 4.69) is 56.7 Å². The van der Waals surface area contributed by atoms with Crippen molar-refractivity contribution in [3.8, 4) is 5.69 Å². The topological polar surface area (TPSA) is 34.3 Å². The Balaban J connectivity index is 1.65. The number of para-hydroxylation sites is 4. The van der Waals surface area contributed by atoms with Gasteiger partial charge in [-0.2, -0.15) is 0 Å². The lowest BCUT2D eigenvalue weighted by Crippen LogP contribution is -1.95. The van der Waals surface area contributed by atoms with E-state index >= 15 is 0 Å². The molecule has 0 saturated carbocycles. The van der Waals surface area contributed by atoms with E-state index in [4.69, 9.17) is 16.6 Å². The number of benzene rings is 4. The van der Waals surface area contributed by atoms with Gasteiger partial charge in [-0.1, -0.05) is 54.1 Å². The van der Waals surface area contributed by atoms with Crippen molar-refractivity contribution in [3.63, 3.8) is 0 Å². The summed E-state index contributed by atoms with van der Waals surface area (Å²) >= 11 is 6.35. The van der Waals surface area contributed by atoms with Crippen LogP contribution in [0.15, 0.2) is 97.1 Å². The van der Waals surface area contributed by atoms with E-state index in [0.29, 0.717) is 5.02 Å². The van der Waals surface area contributed by atoms with Crippen LogP contribution in [0.4, 0.5) is 11.4 Å².